The van der Waals surface area contributed by atoms with Gasteiger partial charge in [-0.15, -0.1) is 0 Å². The highest BCUT2D eigenvalue weighted by molar-refractivity contribution is 9.11. The van der Waals surface area contributed by atoms with E-state index in [9.17, 15) is 9.59 Å². The molecule has 0 spiro atoms. The maximum absolute atomic E-state index is 12.4. The van der Waals surface area contributed by atoms with Crippen molar-refractivity contribution in [3.63, 3.8) is 0 Å². The molecule has 2 aromatic carbocycles. The van der Waals surface area contributed by atoms with Crippen LogP contribution in [0.1, 0.15) is 26.3 Å². The molecule has 3 nitrogen and oxygen atoms in total. The number of aromatic carboxylic acids is 1. The fourth-order valence-electron chi connectivity index (χ4n) is 1.68. The Bertz CT molecular complexity index is 665. The molecule has 0 aliphatic carbocycles. The van der Waals surface area contributed by atoms with Gasteiger partial charge in [-0.1, -0.05) is 50.1 Å². The molecule has 0 saturated carbocycles. The van der Waals surface area contributed by atoms with E-state index in [-0.39, 0.29) is 16.9 Å². The minimum absolute atomic E-state index is 0.000578. The van der Waals surface area contributed by atoms with E-state index in [1.807, 2.05) is 0 Å². The highest BCUT2D eigenvalue weighted by Gasteiger charge is 2.19. The Balaban J connectivity index is 2.56. The van der Waals surface area contributed by atoms with Crippen molar-refractivity contribution in [3.05, 3.63) is 68.1 Å². The molecule has 0 fully saturated rings. The minimum Gasteiger partial charge on any atom is -0.478 e. The van der Waals surface area contributed by atoms with Crippen LogP contribution in [0.5, 0.6) is 0 Å². The smallest absolute Gasteiger partial charge is 0.336 e. The van der Waals surface area contributed by atoms with Gasteiger partial charge < -0.3 is 5.11 Å². The lowest BCUT2D eigenvalue weighted by molar-refractivity contribution is 0.0693. The average molecular weight is 384 g/mol. The molecular formula is C14H8Br2O3. The number of carboxylic acid groups (broad SMARTS) is 1. The van der Waals surface area contributed by atoms with Crippen LogP contribution in [0.3, 0.4) is 0 Å². The summed E-state index contributed by atoms with van der Waals surface area (Å²) in [6, 6.07) is 11.4. The predicted molar refractivity (Wildman–Crippen MR) is 78.7 cm³/mol. The molecular weight excluding hydrogens is 376 g/mol. The van der Waals surface area contributed by atoms with Crippen LogP contribution >= 0.6 is 31.9 Å². The number of ketones is 1. The van der Waals surface area contributed by atoms with E-state index >= 15 is 0 Å². The molecule has 0 radical (unpaired) electrons. The Morgan fingerprint density at radius 2 is 1.53 bits per heavy atom. The lowest BCUT2D eigenvalue weighted by Crippen LogP contribution is -2.10. The Labute approximate surface area is 126 Å². The second-order valence-electron chi connectivity index (χ2n) is 3.80. The van der Waals surface area contributed by atoms with Crippen LogP contribution in [0, 0.1) is 0 Å². The third-order valence-electron chi connectivity index (χ3n) is 2.58. The first-order valence-electron chi connectivity index (χ1n) is 5.33. The second-order valence-corrected chi connectivity index (χ2v) is 5.57. The van der Waals surface area contributed by atoms with Crippen molar-refractivity contribution in [3.8, 4) is 0 Å². The SMILES string of the molecule is O=C(O)c1ccccc1C(=O)c1cc(Br)ccc1Br. The van der Waals surface area contributed by atoms with E-state index in [4.69, 9.17) is 5.11 Å². The van der Waals surface area contributed by atoms with E-state index < -0.39 is 5.97 Å². The number of carbonyl (C=O) groups excluding carboxylic acids is 1. The summed E-state index contributed by atoms with van der Waals surface area (Å²) in [6.45, 7) is 0. The molecule has 2 rings (SSSR count). The zero-order valence-corrected chi connectivity index (χ0v) is 12.7. The summed E-state index contributed by atoms with van der Waals surface area (Å²) in [6.07, 6.45) is 0. The van der Waals surface area contributed by atoms with Gasteiger partial charge in [-0.05, 0) is 24.3 Å². The summed E-state index contributed by atoms with van der Waals surface area (Å²) in [5.74, 6) is -1.44. The normalized spacial score (nSPS) is 10.2. The van der Waals surface area contributed by atoms with E-state index in [1.54, 1.807) is 30.3 Å². The molecule has 0 aromatic heterocycles. The monoisotopic (exact) mass is 382 g/mol. The number of carbonyl (C=O) groups is 2. The zero-order chi connectivity index (χ0) is 14.0. The van der Waals surface area contributed by atoms with Crippen molar-refractivity contribution >= 4 is 43.6 Å². The van der Waals surface area contributed by atoms with Gasteiger partial charge >= 0.3 is 5.97 Å². The maximum Gasteiger partial charge on any atom is 0.336 e. The molecule has 1 N–H and O–H groups in total. The van der Waals surface area contributed by atoms with Crippen LogP contribution in [0.4, 0.5) is 0 Å². The van der Waals surface area contributed by atoms with Gasteiger partial charge in [-0.25, -0.2) is 4.79 Å². The molecule has 0 amide bonds. The molecule has 0 unspecified atom stereocenters. The summed E-state index contributed by atoms with van der Waals surface area (Å²) in [7, 11) is 0. The van der Waals surface area contributed by atoms with Crippen LogP contribution in [-0.4, -0.2) is 16.9 Å². The van der Waals surface area contributed by atoms with Gasteiger partial charge in [0.2, 0.25) is 0 Å². The molecule has 5 heteroatoms. The van der Waals surface area contributed by atoms with Crippen LogP contribution in [0.25, 0.3) is 0 Å². The quantitative estimate of drug-likeness (QED) is 0.810. The van der Waals surface area contributed by atoms with Crippen molar-refractivity contribution < 1.29 is 14.7 Å². The van der Waals surface area contributed by atoms with Gasteiger partial charge in [0.15, 0.2) is 5.78 Å². The number of rotatable bonds is 3. The summed E-state index contributed by atoms with van der Waals surface area (Å²) >= 11 is 6.60. The lowest BCUT2D eigenvalue weighted by atomic mass is 9.98. The molecule has 0 bridgehead atoms. The van der Waals surface area contributed by atoms with E-state index in [2.05, 4.69) is 31.9 Å². The molecule has 96 valence electrons. The highest BCUT2D eigenvalue weighted by Crippen LogP contribution is 2.25. The Morgan fingerprint density at radius 1 is 0.895 bits per heavy atom. The summed E-state index contributed by atoms with van der Waals surface area (Å²) in [4.78, 5) is 23.6. The van der Waals surface area contributed by atoms with Gasteiger partial charge in [0.25, 0.3) is 0 Å². The summed E-state index contributed by atoms with van der Waals surface area (Å²) < 4.78 is 1.38. The molecule has 0 heterocycles. The van der Waals surface area contributed by atoms with Crippen molar-refractivity contribution in [1.29, 1.82) is 0 Å². The van der Waals surface area contributed by atoms with Crippen molar-refractivity contribution in [2.45, 2.75) is 0 Å². The first kappa shape index (κ1) is 14.0. The fourth-order valence-corrected chi connectivity index (χ4v) is 2.47. The largest absolute Gasteiger partial charge is 0.478 e. The second kappa shape index (κ2) is 5.67. The van der Waals surface area contributed by atoms with E-state index in [0.29, 0.717) is 10.0 Å². The van der Waals surface area contributed by atoms with E-state index in [0.717, 1.165) is 4.47 Å². The van der Waals surface area contributed by atoms with E-state index in [1.165, 1.54) is 12.1 Å². The fraction of sp³-hybridized carbons (Fsp3) is 0. The minimum atomic E-state index is -1.12. The highest BCUT2D eigenvalue weighted by atomic mass is 79.9. The molecule has 0 atom stereocenters. The molecule has 2 aromatic rings. The molecule has 19 heavy (non-hydrogen) atoms. The third-order valence-corrected chi connectivity index (χ3v) is 3.76. The first-order valence-corrected chi connectivity index (χ1v) is 6.91. The number of carboxylic acids is 1. The first-order chi connectivity index (χ1) is 9.00. The van der Waals surface area contributed by atoms with Crippen molar-refractivity contribution in [2.24, 2.45) is 0 Å². The summed E-state index contributed by atoms with van der Waals surface area (Å²) in [5, 5.41) is 9.11. The predicted octanol–water partition coefficient (Wildman–Crippen LogP) is 4.14. The number of hydrogen-bond donors (Lipinski definition) is 1. The van der Waals surface area contributed by atoms with Gasteiger partial charge in [-0.3, -0.25) is 4.79 Å². The van der Waals surface area contributed by atoms with Crippen LogP contribution in [0.15, 0.2) is 51.4 Å². The van der Waals surface area contributed by atoms with Gasteiger partial charge in [-0.2, -0.15) is 0 Å². The standard InChI is InChI=1S/C14H8Br2O3/c15-8-5-6-12(16)11(7-8)13(17)9-3-1-2-4-10(9)14(18)19/h1-7H,(H,18,19). The Hall–Kier alpha value is -1.46. The van der Waals surface area contributed by atoms with Crippen LogP contribution in [0.2, 0.25) is 0 Å². The molecule has 0 saturated heterocycles. The van der Waals surface area contributed by atoms with Crippen LogP contribution in [-0.2, 0) is 0 Å². The number of benzene rings is 2. The van der Waals surface area contributed by atoms with Crippen LogP contribution < -0.4 is 0 Å². The number of hydrogen-bond acceptors (Lipinski definition) is 2. The molecule has 0 aliphatic heterocycles. The average Bonchev–Trinajstić information content (AvgIpc) is 2.40. The third kappa shape index (κ3) is 2.93. The topological polar surface area (TPSA) is 54.4 Å². The Morgan fingerprint density at radius 3 is 2.16 bits per heavy atom. The van der Waals surface area contributed by atoms with Crippen molar-refractivity contribution in [1.82, 2.24) is 0 Å². The zero-order valence-electron chi connectivity index (χ0n) is 9.56. The van der Waals surface area contributed by atoms with Gasteiger partial charge in [0, 0.05) is 20.1 Å². The Kier molecular flexibility index (Phi) is 4.17. The lowest BCUT2D eigenvalue weighted by Gasteiger charge is -2.07. The van der Waals surface area contributed by atoms with Gasteiger partial charge in [0.1, 0.15) is 0 Å². The maximum atomic E-state index is 12.4. The van der Waals surface area contributed by atoms with Crippen molar-refractivity contribution in [2.75, 3.05) is 0 Å². The number of halogens is 2. The van der Waals surface area contributed by atoms with Gasteiger partial charge in [0.05, 0.1) is 5.56 Å². The summed E-state index contributed by atoms with van der Waals surface area (Å²) in [5.41, 5.74) is 0.594. The molecule has 0 aliphatic rings.